The number of carbonyl (C=O) groups excluding carboxylic acids is 2. The summed E-state index contributed by atoms with van der Waals surface area (Å²) < 4.78 is 17.9. The third-order valence-corrected chi connectivity index (χ3v) is 4.03. The SMILES string of the molecule is O=C(CCC=Cc1ccc(F)cc1)N1C(=O)OCC1c1ccccc1. The highest BCUT2D eigenvalue weighted by Gasteiger charge is 2.38. The predicted octanol–water partition coefficient (Wildman–Crippen LogP) is 4.34. The van der Waals surface area contributed by atoms with Crippen LogP contribution in [0.2, 0.25) is 0 Å². The fraction of sp³-hybridized carbons (Fsp3) is 0.200. The number of hydrogen-bond donors (Lipinski definition) is 0. The Labute approximate surface area is 145 Å². The molecule has 0 bridgehead atoms. The summed E-state index contributed by atoms with van der Waals surface area (Å²) >= 11 is 0. The van der Waals surface area contributed by atoms with Crippen molar-refractivity contribution in [2.45, 2.75) is 18.9 Å². The first-order valence-electron chi connectivity index (χ1n) is 8.11. The fourth-order valence-electron chi connectivity index (χ4n) is 2.74. The van der Waals surface area contributed by atoms with E-state index in [1.54, 1.807) is 12.1 Å². The molecule has 0 saturated carbocycles. The molecule has 4 nitrogen and oxygen atoms in total. The van der Waals surface area contributed by atoms with Gasteiger partial charge in [0.25, 0.3) is 0 Å². The molecule has 1 heterocycles. The molecule has 2 amide bonds. The van der Waals surface area contributed by atoms with Crippen molar-refractivity contribution in [1.29, 1.82) is 0 Å². The molecule has 5 heteroatoms. The van der Waals surface area contributed by atoms with E-state index in [2.05, 4.69) is 0 Å². The van der Waals surface area contributed by atoms with Crippen molar-refractivity contribution in [3.63, 3.8) is 0 Å². The number of halogens is 1. The lowest BCUT2D eigenvalue weighted by molar-refractivity contribution is -0.129. The molecule has 0 aliphatic carbocycles. The van der Waals surface area contributed by atoms with Gasteiger partial charge in [-0.15, -0.1) is 0 Å². The van der Waals surface area contributed by atoms with Gasteiger partial charge in [-0.2, -0.15) is 0 Å². The Kier molecular flexibility index (Phi) is 5.23. The summed E-state index contributed by atoms with van der Waals surface area (Å²) in [6.45, 7) is 0.181. The predicted molar refractivity (Wildman–Crippen MR) is 92.0 cm³/mol. The van der Waals surface area contributed by atoms with Crippen LogP contribution >= 0.6 is 0 Å². The van der Waals surface area contributed by atoms with Gasteiger partial charge in [0.1, 0.15) is 18.5 Å². The van der Waals surface area contributed by atoms with Crippen LogP contribution in [0.4, 0.5) is 9.18 Å². The number of cyclic esters (lactones) is 1. The highest BCUT2D eigenvalue weighted by atomic mass is 19.1. The Morgan fingerprint density at radius 3 is 2.60 bits per heavy atom. The van der Waals surface area contributed by atoms with Crippen molar-refractivity contribution in [2.24, 2.45) is 0 Å². The van der Waals surface area contributed by atoms with Crippen molar-refractivity contribution in [3.05, 3.63) is 77.6 Å². The van der Waals surface area contributed by atoms with E-state index in [1.165, 1.54) is 17.0 Å². The summed E-state index contributed by atoms with van der Waals surface area (Å²) in [5.74, 6) is -0.549. The number of ether oxygens (including phenoxy) is 1. The molecule has 128 valence electrons. The summed E-state index contributed by atoms with van der Waals surface area (Å²) in [4.78, 5) is 25.5. The summed E-state index contributed by atoms with van der Waals surface area (Å²) in [6.07, 6.45) is 3.76. The van der Waals surface area contributed by atoms with Gasteiger partial charge in [0.05, 0.1) is 0 Å². The summed E-state index contributed by atoms with van der Waals surface area (Å²) in [5.41, 5.74) is 1.74. The van der Waals surface area contributed by atoms with E-state index in [0.29, 0.717) is 6.42 Å². The minimum atomic E-state index is -0.596. The molecule has 0 spiro atoms. The van der Waals surface area contributed by atoms with Crippen LogP contribution in [0, 0.1) is 5.82 Å². The molecule has 0 aromatic heterocycles. The summed E-state index contributed by atoms with van der Waals surface area (Å²) in [6, 6.07) is 15.1. The molecule has 1 saturated heterocycles. The number of imide groups is 1. The number of allylic oxidation sites excluding steroid dienone is 1. The molecule has 0 radical (unpaired) electrons. The van der Waals surface area contributed by atoms with Crippen LogP contribution in [-0.2, 0) is 9.53 Å². The van der Waals surface area contributed by atoms with E-state index in [-0.39, 0.29) is 30.8 Å². The molecule has 3 rings (SSSR count). The largest absolute Gasteiger partial charge is 0.446 e. The average molecular weight is 339 g/mol. The van der Waals surface area contributed by atoms with E-state index in [4.69, 9.17) is 4.74 Å². The second kappa shape index (κ2) is 7.75. The van der Waals surface area contributed by atoms with Crippen molar-refractivity contribution >= 4 is 18.1 Å². The summed E-state index contributed by atoms with van der Waals surface area (Å²) in [7, 11) is 0. The van der Waals surface area contributed by atoms with Gasteiger partial charge in [0.2, 0.25) is 5.91 Å². The normalized spacial score (nSPS) is 17.1. The van der Waals surface area contributed by atoms with Gasteiger partial charge in [-0.1, -0.05) is 54.6 Å². The Morgan fingerprint density at radius 2 is 1.88 bits per heavy atom. The van der Waals surface area contributed by atoms with E-state index in [1.807, 2.05) is 42.5 Å². The van der Waals surface area contributed by atoms with Gasteiger partial charge in [-0.3, -0.25) is 4.79 Å². The molecule has 1 aliphatic rings. The Bertz CT molecular complexity index is 771. The van der Waals surface area contributed by atoms with Gasteiger partial charge >= 0.3 is 6.09 Å². The number of rotatable bonds is 5. The molecular weight excluding hydrogens is 321 g/mol. The van der Waals surface area contributed by atoms with Crippen LogP contribution in [0.3, 0.4) is 0 Å². The monoisotopic (exact) mass is 339 g/mol. The van der Waals surface area contributed by atoms with Crippen LogP contribution in [0.5, 0.6) is 0 Å². The third kappa shape index (κ3) is 4.12. The minimum Gasteiger partial charge on any atom is -0.446 e. The van der Waals surface area contributed by atoms with Crippen molar-refractivity contribution in [3.8, 4) is 0 Å². The molecule has 25 heavy (non-hydrogen) atoms. The molecule has 1 unspecified atom stereocenters. The van der Waals surface area contributed by atoms with Gasteiger partial charge in [0.15, 0.2) is 0 Å². The Balaban J connectivity index is 1.59. The third-order valence-electron chi connectivity index (χ3n) is 4.03. The zero-order valence-electron chi connectivity index (χ0n) is 13.6. The number of nitrogens with zero attached hydrogens (tertiary/aromatic N) is 1. The zero-order valence-corrected chi connectivity index (χ0v) is 13.6. The van der Waals surface area contributed by atoms with Crippen LogP contribution in [-0.4, -0.2) is 23.5 Å². The maximum atomic E-state index is 12.8. The van der Waals surface area contributed by atoms with Crippen LogP contribution in [0.25, 0.3) is 6.08 Å². The maximum Gasteiger partial charge on any atom is 0.417 e. The second-order valence-electron chi connectivity index (χ2n) is 5.76. The van der Waals surface area contributed by atoms with Crippen molar-refractivity contribution in [1.82, 2.24) is 4.90 Å². The molecule has 1 atom stereocenters. The molecule has 1 aliphatic heterocycles. The number of benzene rings is 2. The van der Waals surface area contributed by atoms with Crippen LogP contribution in [0.15, 0.2) is 60.7 Å². The van der Waals surface area contributed by atoms with Crippen LogP contribution < -0.4 is 0 Å². The Morgan fingerprint density at radius 1 is 1.16 bits per heavy atom. The first-order chi connectivity index (χ1) is 12.1. The van der Waals surface area contributed by atoms with E-state index < -0.39 is 6.09 Å². The number of hydrogen-bond acceptors (Lipinski definition) is 3. The highest BCUT2D eigenvalue weighted by molar-refractivity contribution is 5.93. The number of carbonyl (C=O) groups is 2. The standard InChI is InChI=1S/C20H18FNO3/c21-17-12-10-15(11-13-17)6-4-5-9-19(23)22-18(14-25-20(22)24)16-7-2-1-3-8-16/h1-4,6-8,10-13,18H,5,9,14H2. The topological polar surface area (TPSA) is 46.6 Å². The van der Waals surface area contributed by atoms with E-state index >= 15 is 0 Å². The lowest BCUT2D eigenvalue weighted by Gasteiger charge is -2.19. The number of amides is 2. The molecule has 0 N–H and O–H groups in total. The first kappa shape index (κ1) is 16.9. The quantitative estimate of drug-likeness (QED) is 0.814. The van der Waals surface area contributed by atoms with Crippen molar-refractivity contribution in [2.75, 3.05) is 6.61 Å². The average Bonchev–Trinajstić information content (AvgIpc) is 3.02. The van der Waals surface area contributed by atoms with Crippen LogP contribution in [0.1, 0.15) is 30.0 Å². The lowest BCUT2D eigenvalue weighted by atomic mass is 10.1. The first-order valence-corrected chi connectivity index (χ1v) is 8.11. The van der Waals surface area contributed by atoms with Gasteiger partial charge in [-0.05, 0) is 29.7 Å². The van der Waals surface area contributed by atoms with Gasteiger partial charge in [-0.25, -0.2) is 14.1 Å². The lowest BCUT2D eigenvalue weighted by Crippen LogP contribution is -2.33. The Hall–Kier alpha value is -2.95. The minimum absolute atomic E-state index is 0.181. The molecule has 2 aromatic carbocycles. The molecule has 2 aromatic rings. The van der Waals surface area contributed by atoms with Gasteiger partial charge < -0.3 is 4.74 Å². The second-order valence-corrected chi connectivity index (χ2v) is 5.76. The zero-order chi connectivity index (χ0) is 17.6. The molecule has 1 fully saturated rings. The maximum absolute atomic E-state index is 12.8. The van der Waals surface area contributed by atoms with Crippen molar-refractivity contribution < 1.29 is 18.7 Å². The fourth-order valence-corrected chi connectivity index (χ4v) is 2.74. The van der Waals surface area contributed by atoms with E-state index in [9.17, 15) is 14.0 Å². The van der Waals surface area contributed by atoms with E-state index in [0.717, 1.165) is 11.1 Å². The van der Waals surface area contributed by atoms with Gasteiger partial charge in [0, 0.05) is 6.42 Å². The summed E-state index contributed by atoms with van der Waals surface area (Å²) in [5, 5.41) is 0. The molecular formula is C20H18FNO3. The highest BCUT2D eigenvalue weighted by Crippen LogP contribution is 2.28. The smallest absolute Gasteiger partial charge is 0.417 e.